The molecule has 4 fully saturated rings. The van der Waals surface area contributed by atoms with E-state index in [0.29, 0.717) is 101 Å². The third-order valence-electron chi connectivity index (χ3n) is 20.6. The molecular weight excluding hydrogens is 1240 g/mol. The molecule has 99 heavy (non-hydrogen) atoms. The Kier molecular flexibility index (Phi) is 30.8. The summed E-state index contributed by atoms with van der Waals surface area (Å²) in [5.74, 6) is -0.606. The maximum atomic E-state index is 14.3. The number of nitrogens with one attached hydrogen (secondary N) is 3. The summed E-state index contributed by atoms with van der Waals surface area (Å²) in [6, 6.07) is 28.1. The number of ether oxygens (including phenoxy) is 1. The van der Waals surface area contributed by atoms with Crippen molar-refractivity contribution in [2.75, 3.05) is 19.6 Å². The zero-order chi connectivity index (χ0) is 73.0. The van der Waals surface area contributed by atoms with E-state index in [1.807, 2.05) is 154 Å². The molecule has 0 unspecified atom stereocenters. The van der Waals surface area contributed by atoms with Crippen LogP contribution in [0.3, 0.4) is 0 Å². The molecule has 3 aromatic rings. The molecule has 17 heteroatoms. The van der Waals surface area contributed by atoms with Gasteiger partial charge in [-0.05, 0) is 192 Å². The number of alkyl carbamates (subject to hydrolysis) is 1. The van der Waals surface area contributed by atoms with Crippen molar-refractivity contribution in [3.8, 4) is 0 Å². The molecule has 3 aromatic carbocycles. The lowest BCUT2D eigenvalue weighted by atomic mass is 9.78. The van der Waals surface area contributed by atoms with Gasteiger partial charge in [0.25, 0.3) is 0 Å². The summed E-state index contributed by atoms with van der Waals surface area (Å²) >= 11 is 0. The second-order valence-corrected chi connectivity index (χ2v) is 33.1. The molecule has 0 spiro atoms. The number of allylic oxidation sites excluding steroid dienone is 2. The van der Waals surface area contributed by atoms with E-state index in [1.165, 1.54) is 10.1 Å². The number of hydrogen-bond acceptors (Lipinski definition) is 12. The van der Waals surface area contributed by atoms with Crippen molar-refractivity contribution < 1.29 is 48.7 Å². The Bertz CT molecular complexity index is 3090. The highest BCUT2D eigenvalue weighted by atomic mass is 16.5. The van der Waals surface area contributed by atoms with Gasteiger partial charge in [-0.25, -0.2) is 4.79 Å². The minimum atomic E-state index is -0.650. The van der Waals surface area contributed by atoms with Crippen LogP contribution in [-0.4, -0.2) is 138 Å². The SMILES string of the molecule is CC(C)C[C@H](C)/C=C/[C@H](Cc1ccccc1)C(=O)N1CCC[C@H]1C(=O)C[C@@H](C(=O)NC1CC(C)(C)N(O)C(C)(C)C1)C(C)C.CC(C)C[C@H](C)/C=C/[C@H](Cc1ccccc1)C(=O)N1CCC[C@H]1C(=O)C[C@@H](CCCNC(=O)OCc1ccccc1)C(=O)NC1CC(C)(C)N(O)C(C)(C)C1. The van der Waals surface area contributed by atoms with Crippen molar-refractivity contribution in [1.29, 1.82) is 0 Å². The van der Waals surface area contributed by atoms with E-state index < -0.39 is 58.1 Å². The Morgan fingerprint density at radius 3 is 1.30 bits per heavy atom. The van der Waals surface area contributed by atoms with Crippen molar-refractivity contribution in [2.24, 2.45) is 53.3 Å². The predicted molar refractivity (Wildman–Crippen MR) is 393 cm³/mol. The molecule has 8 atom stereocenters. The molecule has 0 aliphatic carbocycles. The van der Waals surface area contributed by atoms with Crippen LogP contribution in [0, 0.1) is 53.3 Å². The van der Waals surface area contributed by atoms with Gasteiger partial charge in [-0.3, -0.25) is 28.8 Å². The largest absolute Gasteiger partial charge is 0.445 e. The third kappa shape index (κ3) is 24.9. The van der Waals surface area contributed by atoms with Crippen LogP contribution in [0.4, 0.5) is 4.79 Å². The highest BCUT2D eigenvalue weighted by Crippen LogP contribution is 2.39. The molecule has 4 saturated heterocycles. The molecule has 0 saturated carbocycles. The Labute approximate surface area is 594 Å². The molecule has 0 aromatic heterocycles. The summed E-state index contributed by atoms with van der Waals surface area (Å²) in [4.78, 5) is 100. The first-order valence-electron chi connectivity index (χ1n) is 37.2. The summed E-state index contributed by atoms with van der Waals surface area (Å²) in [5.41, 5.74) is 0.971. The summed E-state index contributed by atoms with van der Waals surface area (Å²) in [5, 5.41) is 33.5. The summed E-state index contributed by atoms with van der Waals surface area (Å²) < 4.78 is 5.35. The van der Waals surface area contributed by atoms with Crippen LogP contribution < -0.4 is 16.0 Å². The van der Waals surface area contributed by atoms with Crippen molar-refractivity contribution in [3.63, 3.8) is 0 Å². The first kappa shape index (κ1) is 81.4. The Morgan fingerprint density at radius 2 is 0.909 bits per heavy atom. The Balaban J connectivity index is 0.000000320. The average molecular weight is 1370 g/mol. The van der Waals surface area contributed by atoms with E-state index in [4.69, 9.17) is 4.74 Å². The van der Waals surface area contributed by atoms with Crippen LogP contribution in [-0.2, 0) is 53.0 Å². The van der Waals surface area contributed by atoms with Gasteiger partial charge in [0.2, 0.25) is 23.6 Å². The fourth-order valence-electron chi connectivity index (χ4n) is 16.0. The highest BCUT2D eigenvalue weighted by Gasteiger charge is 2.48. The Morgan fingerprint density at radius 1 is 0.525 bits per heavy atom. The minimum absolute atomic E-state index is 0.00322. The van der Waals surface area contributed by atoms with Gasteiger partial charge < -0.3 is 40.9 Å². The van der Waals surface area contributed by atoms with E-state index in [9.17, 15) is 44.0 Å². The van der Waals surface area contributed by atoms with E-state index in [0.717, 1.165) is 42.4 Å². The molecule has 0 bridgehead atoms. The van der Waals surface area contributed by atoms with Crippen LogP contribution in [0.25, 0.3) is 0 Å². The molecule has 17 nitrogen and oxygen atoms in total. The second-order valence-electron chi connectivity index (χ2n) is 33.1. The van der Waals surface area contributed by atoms with Crippen LogP contribution in [0.1, 0.15) is 217 Å². The molecule has 4 aliphatic heterocycles. The fraction of sp³-hybridized carbons (Fsp3) is 0.646. The van der Waals surface area contributed by atoms with Gasteiger partial charge in [-0.2, -0.15) is 10.1 Å². The lowest BCUT2D eigenvalue weighted by molar-refractivity contribution is -0.246. The topological polar surface area (TPSA) is 218 Å². The van der Waals surface area contributed by atoms with E-state index >= 15 is 0 Å². The first-order chi connectivity index (χ1) is 46.6. The molecule has 0 radical (unpaired) electrons. The monoisotopic (exact) mass is 1370 g/mol. The highest BCUT2D eigenvalue weighted by molar-refractivity contribution is 5.95. The van der Waals surface area contributed by atoms with Gasteiger partial charge in [0.05, 0.1) is 23.9 Å². The van der Waals surface area contributed by atoms with Gasteiger partial charge in [0, 0.05) is 78.6 Å². The normalized spacial score (nSPS) is 21.4. The maximum absolute atomic E-state index is 14.3. The number of nitrogens with zero attached hydrogens (tertiary/aromatic N) is 4. The number of hydroxylamine groups is 4. The summed E-state index contributed by atoms with van der Waals surface area (Å²) in [7, 11) is 0. The lowest BCUT2D eigenvalue weighted by Crippen LogP contribution is -2.63. The van der Waals surface area contributed by atoms with Gasteiger partial charge in [-0.1, -0.05) is 171 Å². The summed E-state index contributed by atoms with van der Waals surface area (Å²) in [6.45, 7) is 34.4. The molecule has 7 rings (SSSR count). The number of piperidine rings is 2. The molecule has 4 aliphatic rings. The van der Waals surface area contributed by atoms with Gasteiger partial charge in [0.15, 0.2) is 11.6 Å². The zero-order valence-electron chi connectivity index (χ0n) is 63.1. The first-order valence-corrected chi connectivity index (χ1v) is 37.2. The number of ketones is 2. The van der Waals surface area contributed by atoms with Crippen molar-refractivity contribution in [2.45, 2.75) is 266 Å². The minimum Gasteiger partial charge on any atom is -0.445 e. The van der Waals surface area contributed by atoms with Crippen LogP contribution >= 0.6 is 0 Å². The van der Waals surface area contributed by atoms with Crippen LogP contribution in [0.5, 0.6) is 0 Å². The van der Waals surface area contributed by atoms with Gasteiger partial charge in [-0.15, -0.1) is 0 Å². The molecule has 4 heterocycles. The van der Waals surface area contributed by atoms with Gasteiger partial charge >= 0.3 is 6.09 Å². The van der Waals surface area contributed by atoms with E-state index in [-0.39, 0.29) is 85.1 Å². The second kappa shape index (κ2) is 37.4. The number of hydrogen-bond donors (Lipinski definition) is 5. The van der Waals surface area contributed by atoms with Crippen LogP contribution in [0.15, 0.2) is 115 Å². The zero-order valence-corrected chi connectivity index (χ0v) is 63.1. The third-order valence-corrected chi connectivity index (χ3v) is 20.6. The van der Waals surface area contributed by atoms with Crippen molar-refractivity contribution >= 4 is 41.3 Å². The van der Waals surface area contributed by atoms with E-state index in [1.54, 1.807) is 9.80 Å². The Hall–Kier alpha value is -6.53. The number of likely N-dealkylation sites (tertiary alicyclic amines) is 2. The van der Waals surface area contributed by atoms with Crippen molar-refractivity contribution in [1.82, 2.24) is 35.9 Å². The lowest BCUT2D eigenvalue weighted by Gasteiger charge is -2.51. The van der Waals surface area contributed by atoms with Crippen molar-refractivity contribution in [3.05, 3.63) is 132 Å². The number of carbonyl (C=O) groups excluding carboxylic acids is 7. The molecule has 548 valence electrons. The van der Waals surface area contributed by atoms with Gasteiger partial charge in [0.1, 0.15) is 6.61 Å². The number of benzene rings is 3. The maximum Gasteiger partial charge on any atom is 0.407 e. The quantitative estimate of drug-likeness (QED) is 0.0300. The number of amides is 5. The number of Topliss-reactive ketones (excluding diaryl/α,β-unsaturated/α-hetero) is 2. The molecule has 5 N–H and O–H groups in total. The van der Waals surface area contributed by atoms with Crippen LogP contribution in [0.2, 0.25) is 0 Å². The number of rotatable bonds is 31. The molecule has 5 amide bonds. The van der Waals surface area contributed by atoms with E-state index in [2.05, 4.69) is 87.9 Å². The molecular formula is C82H125N7O10. The predicted octanol–water partition coefficient (Wildman–Crippen LogP) is 14.7. The average Bonchev–Trinajstić information content (AvgIpc) is 1.54. The summed E-state index contributed by atoms with van der Waals surface area (Å²) in [6.07, 6.45) is 17.1. The number of carbonyl (C=O) groups is 7. The standard InChI is InChI=1S/C45H66N4O6.C37H59N3O4/c1-32(2)26-33(3)22-23-37(27-34-16-10-8-11-17-34)42(52)48-25-15-21-39(48)40(50)28-36(20-14-24-46-43(53)55-31-35-18-12-9-13-19-35)41(51)47-38-29-44(4,5)49(54)45(6,7)30-38;1-25(2)20-27(5)17-18-29(21-28-14-11-10-12-15-28)35(43)39-19-13-16-32(39)33(41)22-31(26(3)4)34(42)38-30-23-36(6,7)40(44)37(8,9)24-30/h8-13,16-19,22-23,32-33,36-39,54H,14-15,20-21,24-31H2,1-7H3,(H,46,53)(H,47,51);10-12,14-15,17-18,25-27,29-32,44H,13,16,19-24H2,1-9H3,(H,38,42)/b23-22+;18-17+/t33-,36-,37-,39+;27-,29-,31-,32+/m11/s1. The fourth-order valence-corrected chi connectivity index (χ4v) is 16.0. The smallest absolute Gasteiger partial charge is 0.407 e.